The Bertz CT molecular complexity index is 1030. The van der Waals surface area contributed by atoms with Gasteiger partial charge in [0, 0.05) is 23.2 Å². The highest BCUT2D eigenvalue weighted by Crippen LogP contribution is 2.24. The zero-order chi connectivity index (χ0) is 18.7. The van der Waals surface area contributed by atoms with Crippen LogP contribution in [0.25, 0.3) is 10.9 Å². The van der Waals surface area contributed by atoms with Crippen molar-refractivity contribution in [2.75, 3.05) is 11.9 Å². The van der Waals surface area contributed by atoms with Crippen LogP contribution in [0.1, 0.15) is 24.2 Å². The highest BCUT2D eigenvalue weighted by Gasteiger charge is 2.17. The lowest BCUT2D eigenvalue weighted by molar-refractivity contribution is 0.102. The molecule has 1 N–H and O–H groups in total. The summed E-state index contributed by atoms with van der Waals surface area (Å²) >= 11 is 6.04. The van der Waals surface area contributed by atoms with E-state index in [2.05, 4.69) is 5.32 Å². The van der Waals surface area contributed by atoms with Gasteiger partial charge in [-0.05, 0) is 44.2 Å². The normalized spacial score (nSPS) is 10.7. The summed E-state index contributed by atoms with van der Waals surface area (Å²) in [7, 11) is 0. The molecule has 1 amide bonds. The fourth-order valence-electron chi connectivity index (χ4n) is 2.83. The maximum absolute atomic E-state index is 12.8. The Morgan fingerprint density at radius 3 is 2.69 bits per heavy atom. The Morgan fingerprint density at radius 1 is 1.19 bits per heavy atom. The smallest absolute Gasteiger partial charge is 0.261 e. The van der Waals surface area contributed by atoms with Gasteiger partial charge in [0.25, 0.3) is 5.91 Å². The molecule has 0 aliphatic heterocycles. The number of halogens is 1. The SMILES string of the molecule is CCOc1ccccc1NC(=O)c1cn(CC)c2ccc(Cl)cc2c1=O. The van der Waals surface area contributed by atoms with Gasteiger partial charge < -0.3 is 14.6 Å². The second-order valence-electron chi connectivity index (χ2n) is 5.70. The number of fused-ring (bicyclic) bond motifs is 1. The number of ether oxygens (including phenoxy) is 1. The van der Waals surface area contributed by atoms with E-state index in [0.29, 0.717) is 35.0 Å². The van der Waals surface area contributed by atoms with Gasteiger partial charge in [0.1, 0.15) is 11.3 Å². The standard InChI is InChI=1S/C20H19ClN2O3/c1-3-23-12-15(19(24)14-11-13(21)9-10-17(14)23)20(25)22-16-7-5-6-8-18(16)26-4-2/h5-12H,3-4H2,1-2H3,(H,22,25). The lowest BCUT2D eigenvalue weighted by Gasteiger charge is -2.14. The van der Waals surface area contributed by atoms with Gasteiger partial charge in [-0.25, -0.2) is 0 Å². The second kappa shape index (κ2) is 7.62. The number of hydrogen-bond donors (Lipinski definition) is 1. The van der Waals surface area contributed by atoms with Crippen molar-refractivity contribution in [2.45, 2.75) is 20.4 Å². The Balaban J connectivity index is 2.06. The molecule has 0 unspecified atom stereocenters. The molecule has 3 aromatic rings. The number of carbonyl (C=O) groups is 1. The van der Waals surface area contributed by atoms with Gasteiger partial charge >= 0.3 is 0 Å². The molecule has 0 saturated carbocycles. The summed E-state index contributed by atoms with van der Waals surface area (Å²) in [6.07, 6.45) is 1.58. The fraction of sp³-hybridized carbons (Fsp3) is 0.200. The van der Waals surface area contributed by atoms with E-state index in [4.69, 9.17) is 16.3 Å². The molecule has 0 spiro atoms. The summed E-state index contributed by atoms with van der Waals surface area (Å²) in [4.78, 5) is 25.6. The molecular weight excluding hydrogens is 352 g/mol. The van der Waals surface area contributed by atoms with Crippen LogP contribution in [0.15, 0.2) is 53.5 Å². The molecule has 0 bridgehead atoms. The van der Waals surface area contributed by atoms with Crippen molar-refractivity contribution < 1.29 is 9.53 Å². The highest BCUT2D eigenvalue weighted by molar-refractivity contribution is 6.31. The number of rotatable bonds is 5. The number of benzene rings is 2. The zero-order valence-electron chi connectivity index (χ0n) is 14.6. The molecule has 0 aliphatic carbocycles. The minimum Gasteiger partial charge on any atom is -0.492 e. The number of aromatic nitrogens is 1. The van der Waals surface area contributed by atoms with Gasteiger partial charge in [-0.15, -0.1) is 0 Å². The lowest BCUT2D eigenvalue weighted by atomic mass is 10.1. The van der Waals surface area contributed by atoms with E-state index in [1.54, 1.807) is 42.6 Å². The van der Waals surface area contributed by atoms with Crippen molar-refractivity contribution in [3.8, 4) is 5.75 Å². The molecule has 3 rings (SSSR count). The molecule has 0 fully saturated rings. The van der Waals surface area contributed by atoms with Gasteiger partial charge in [-0.3, -0.25) is 9.59 Å². The van der Waals surface area contributed by atoms with Gasteiger partial charge in [0.05, 0.1) is 17.8 Å². The number of nitrogens with zero attached hydrogens (tertiary/aromatic N) is 1. The first-order chi connectivity index (χ1) is 12.5. The van der Waals surface area contributed by atoms with Crippen molar-refractivity contribution in [3.63, 3.8) is 0 Å². The average Bonchev–Trinajstić information content (AvgIpc) is 2.64. The topological polar surface area (TPSA) is 60.3 Å². The van der Waals surface area contributed by atoms with E-state index in [1.807, 2.05) is 24.5 Å². The molecule has 0 atom stereocenters. The summed E-state index contributed by atoms with van der Waals surface area (Å²) in [6.45, 7) is 4.91. The first-order valence-electron chi connectivity index (χ1n) is 8.41. The molecule has 134 valence electrons. The van der Waals surface area contributed by atoms with Gasteiger partial charge in [0.2, 0.25) is 5.43 Å². The lowest BCUT2D eigenvalue weighted by Crippen LogP contribution is -2.24. The fourth-order valence-corrected chi connectivity index (χ4v) is 3.01. The molecule has 0 radical (unpaired) electrons. The van der Waals surface area contributed by atoms with E-state index < -0.39 is 5.91 Å². The van der Waals surface area contributed by atoms with E-state index in [9.17, 15) is 9.59 Å². The summed E-state index contributed by atoms with van der Waals surface area (Å²) in [6, 6.07) is 12.2. The van der Waals surface area contributed by atoms with Crippen molar-refractivity contribution in [3.05, 3.63) is 69.5 Å². The summed E-state index contributed by atoms with van der Waals surface area (Å²) < 4.78 is 7.38. The van der Waals surface area contributed by atoms with Gasteiger partial charge in [0.15, 0.2) is 0 Å². The maximum Gasteiger partial charge on any atom is 0.261 e. The maximum atomic E-state index is 12.8. The number of nitrogens with one attached hydrogen (secondary N) is 1. The van der Waals surface area contributed by atoms with Crippen LogP contribution in [0.2, 0.25) is 5.02 Å². The van der Waals surface area contributed by atoms with Crippen molar-refractivity contribution in [2.24, 2.45) is 0 Å². The molecule has 26 heavy (non-hydrogen) atoms. The van der Waals surface area contributed by atoms with Crippen molar-refractivity contribution in [1.29, 1.82) is 0 Å². The Hall–Kier alpha value is -2.79. The number of anilines is 1. The third-order valence-electron chi connectivity index (χ3n) is 4.06. The van der Waals surface area contributed by atoms with Crippen LogP contribution in [-0.4, -0.2) is 17.1 Å². The number of hydrogen-bond acceptors (Lipinski definition) is 3. The second-order valence-corrected chi connectivity index (χ2v) is 6.14. The number of carbonyl (C=O) groups excluding carboxylic acids is 1. The van der Waals surface area contributed by atoms with Crippen LogP contribution < -0.4 is 15.5 Å². The van der Waals surface area contributed by atoms with Crippen LogP contribution in [0.3, 0.4) is 0 Å². The van der Waals surface area contributed by atoms with Crippen LogP contribution in [0.4, 0.5) is 5.69 Å². The third-order valence-corrected chi connectivity index (χ3v) is 4.30. The molecule has 6 heteroatoms. The minimum absolute atomic E-state index is 0.0629. The van der Waals surface area contributed by atoms with Gasteiger partial charge in [-0.1, -0.05) is 23.7 Å². The van der Waals surface area contributed by atoms with Crippen LogP contribution >= 0.6 is 11.6 Å². The molecule has 0 saturated heterocycles. The first kappa shape index (κ1) is 18.0. The van der Waals surface area contributed by atoms with Crippen LogP contribution in [-0.2, 0) is 6.54 Å². The van der Waals surface area contributed by atoms with Gasteiger partial charge in [-0.2, -0.15) is 0 Å². The van der Waals surface area contributed by atoms with E-state index >= 15 is 0 Å². The molecule has 5 nitrogen and oxygen atoms in total. The molecule has 2 aromatic carbocycles. The van der Waals surface area contributed by atoms with Crippen molar-refractivity contribution >= 4 is 34.1 Å². The van der Waals surface area contributed by atoms with E-state index in [0.717, 1.165) is 5.52 Å². The average molecular weight is 371 g/mol. The zero-order valence-corrected chi connectivity index (χ0v) is 15.3. The van der Waals surface area contributed by atoms with E-state index in [-0.39, 0.29) is 11.0 Å². The predicted octanol–water partition coefficient (Wildman–Crippen LogP) is 4.33. The predicted molar refractivity (Wildman–Crippen MR) is 104 cm³/mol. The van der Waals surface area contributed by atoms with Crippen molar-refractivity contribution in [1.82, 2.24) is 4.57 Å². The van der Waals surface area contributed by atoms with E-state index in [1.165, 1.54) is 0 Å². The Labute approximate surface area is 156 Å². The highest BCUT2D eigenvalue weighted by atomic mass is 35.5. The molecule has 0 aliphatic rings. The number of amides is 1. The number of aryl methyl sites for hydroxylation is 1. The molecular formula is C20H19ClN2O3. The summed E-state index contributed by atoms with van der Waals surface area (Å²) in [5.41, 5.74) is 0.979. The molecule has 1 heterocycles. The van der Waals surface area contributed by atoms with Crippen LogP contribution in [0, 0.1) is 0 Å². The summed E-state index contributed by atoms with van der Waals surface area (Å²) in [5, 5.41) is 3.65. The monoisotopic (exact) mass is 370 g/mol. The molecule has 1 aromatic heterocycles. The first-order valence-corrected chi connectivity index (χ1v) is 8.78. The number of pyridine rings is 1. The quantitative estimate of drug-likeness (QED) is 0.727. The number of para-hydroxylation sites is 2. The summed E-state index contributed by atoms with van der Waals surface area (Å²) in [5.74, 6) is 0.0780. The third kappa shape index (κ3) is 3.44. The Kier molecular flexibility index (Phi) is 5.28. The minimum atomic E-state index is -0.480. The Morgan fingerprint density at radius 2 is 1.96 bits per heavy atom. The van der Waals surface area contributed by atoms with Crippen LogP contribution in [0.5, 0.6) is 5.75 Å². The largest absolute Gasteiger partial charge is 0.492 e.